The molecular weight excluding hydrogens is 345 g/mol. The third-order valence-corrected chi connectivity index (χ3v) is 3.71. The number of nitrogens with one attached hydrogen (secondary N) is 1. The number of carbonyl (C=O) groups is 1. The molecule has 0 aliphatic carbocycles. The van der Waals surface area contributed by atoms with Gasteiger partial charge >= 0.3 is 0 Å². The van der Waals surface area contributed by atoms with Gasteiger partial charge in [-0.25, -0.2) is 14.4 Å². The van der Waals surface area contributed by atoms with E-state index in [4.69, 9.17) is 5.26 Å². The summed E-state index contributed by atoms with van der Waals surface area (Å²) in [4.78, 5) is 22.3. The number of nitriles is 1. The normalized spacial score (nSPS) is 10.9. The molecule has 2 rings (SSSR count). The van der Waals surface area contributed by atoms with Gasteiger partial charge in [-0.3, -0.25) is 4.79 Å². The van der Waals surface area contributed by atoms with E-state index in [2.05, 4.69) is 36.1 Å². The molecule has 1 N–H and O–H groups in total. The molecule has 1 heterocycles. The fourth-order valence-electron chi connectivity index (χ4n) is 2.60. The SMILES string of the molecule is CC(C)(C)CN(CC(=O)NCCc1ccc(F)cc1)c1ccnc(C#N)n1. The predicted molar refractivity (Wildman–Crippen MR) is 102 cm³/mol. The molecule has 0 aliphatic heterocycles. The van der Waals surface area contributed by atoms with Gasteiger partial charge in [-0.2, -0.15) is 5.26 Å². The molecule has 1 amide bonds. The summed E-state index contributed by atoms with van der Waals surface area (Å²) in [5, 5.41) is 11.9. The van der Waals surface area contributed by atoms with Crippen LogP contribution in [0.15, 0.2) is 36.5 Å². The van der Waals surface area contributed by atoms with Crippen molar-refractivity contribution in [3.05, 3.63) is 53.7 Å². The Morgan fingerprint density at radius 2 is 1.96 bits per heavy atom. The summed E-state index contributed by atoms with van der Waals surface area (Å²) < 4.78 is 12.9. The Labute approximate surface area is 159 Å². The van der Waals surface area contributed by atoms with Gasteiger partial charge in [-0.15, -0.1) is 0 Å². The van der Waals surface area contributed by atoms with E-state index >= 15 is 0 Å². The van der Waals surface area contributed by atoms with Crippen LogP contribution in [0.5, 0.6) is 0 Å². The van der Waals surface area contributed by atoms with Crippen LogP contribution in [0, 0.1) is 22.6 Å². The van der Waals surface area contributed by atoms with Crippen LogP contribution in [-0.4, -0.2) is 35.5 Å². The number of amides is 1. The van der Waals surface area contributed by atoms with Crippen LogP contribution in [0.2, 0.25) is 0 Å². The maximum atomic E-state index is 12.9. The Morgan fingerprint density at radius 3 is 2.59 bits per heavy atom. The number of rotatable bonds is 7. The minimum absolute atomic E-state index is 0.0633. The Morgan fingerprint density at radius 1 is 1.26 bits per heavy atom. The fourth-order valence-corrected chi connectivity index (χ4v) is 2.60. The molecule has 142 valence electrons. The molecule has 27 heavy (non-hydrogen) atoms. The average molecular weight is 369 g/mol. The van der Waals surface area contributed by atoms with Crippen molar-refractivity contribution in [2.75, 3.05) is 24.5 Å². The topological polar surface area (TPSA) is 81.9 Å². The Hall–Kier alpha value is -3.01. The third kappa shape index (κ3) is 7.02. The Kier molecular flexibility index (Phi) is 6.83. The number of nitrogens with zero attached hydrogens (tertiary/aromatic N) is 4. The number of carbonyl (C=O) groups excluding carboxylic acids is 1. The van der Waals surface area contributed by atoms with Crippen molar-refractivity contribution >= 4 is 11.7 Å². The van der Waals surface area contributed by atoms with Gasteiger partial charge in [0.15, 0.2) is 0 Å². The van der Waals surface area contributed by atoms with Crippen molar-refractivity contribution in [3.8, 4) is 6.07 Å². The van der Waals surface area contributed by atoms with Gasteiger partial charge in [0, 0.05) is 19.3 Å². The first kappa shape index (κ1) is 20.3. The largest absolute Gasteiger partial charge is 0.354 e. The number of hydrogen-bond acceptors (Lipinski definition) is 5. The molecule has 0 fully saturated rings. The monoisotopic (exact) mass is 369 g/mol. The van der Waals surface area contributed by atoms with Crippen molar-refractivity contribution in [3.63, 3.8) is 0 Å². The molecule has 0 bridgehead atoms. The fraction of sp³-hybridized carbons (Fsp3) is 0.400. The van der Waals surface area contributed by atoms with Crippen molar-refractivity contribution in [1.29, 1.82) is 5.26 Å². The highest BCUT2D eigenvalue weighted by atomic mass is 19.1. The number of aromatic nitrogens is 2. The lowest BCUT2D eigenvalue weighted by Gasteiger charge is -2.30. The van der Waals surface area contributed by atoms with Gasteiger partial charge < -0.3 is 10.2 Å². The molecule has 0 saturated carbocycles. The second-order valence-electron chi connectivity index (χ2n) is 7.49. The van der Waals surface area contributed by atoms with Crippen LogP contribution in [0.1, 0.15) is 32.2 Å². The first-order valence-electron chi connectivity index (χ1n) is 8.76. The summed E-state index contributed by atoms with van der Waals surface area (Å²) in [5.74, 6) is 0.203. The zero-order valence-electron chi connectivity index (χ0n) is 15.9. The summed E-state index contributed by atoms with van der Waals surface area (Å²) >= 11 is 0. The highest BCUT2D eigenvalue weighted by Crippen LogP contribution is 2.19. The van der Waals surface area contributed by atoms with Gasteiger partial charge in [0.2, 0.25) is 11.7 Å². The number of halogens is 1. The third-order valence-electron chi connectivity index (χ3n) is 3.71. The molecule has 0 spiro atoms. The van der Waals surface area contributed by atoms with Crippen LogP contribution in [0.4, 0.5) is 10.2 Å². The predicted octanol–water partition coefficient (Wildman–Crippen LogP) is 2.70. The quantitative estimate of drug-likeness (QED) is 0.811. The standard InChI is InChI=1S/C20H24FN5O/c1-20(2,3)14-26(18-9-11-23-17(12-22)25-18)13-19(27)24-10-8-15-4-6-16(21)7-5-15/h4-7,9,11H,8,10,13-14H2,1-3H3,(H,24,27). The highest BCUT2D eigenvalue weighted by Gasteiger charge is 2.20. The minimum Gasteiger partial charge on any atom is -0.354 e. The summed E-state index contributed by atoms with van der Waals surface area (Å²) in [7, 11) is 0. The van der Waals surface area contributed by atoms with E-state index in [0.29, 0.717) is 25.3 Å². The van der Waals surface area contributed by atoms with Crippen LogP contribution >= 0.6 is 0 Å². The van der Waals surface area contributed by atoms with Gasteiger partial charge in [-0.05, 0) is 35.6 Å². The summed E-state index contributed by atoms with van der Waals surface area (Å²) in [5.41, 5.74) is 0.893. The van der Waals surface area contributed by atoms with E-state index in [1.165, 1.54) is 18.3 Å². The first-order chi connectivity index (χ1) is 12.8. The van der Waals surface area contributed by atoms with E-state index in [1.54, 1.807) is 18.2 Å². The molecule has 1 aromatic carbocycles. The molecule has 0 atom stereocenters. The Bertz CT molecular complexity index is 808. The lowest BCUT2D eigenvalue weighted by Crippen LogP contribution is -2.42. The smallest absolute Gasteiger partial charge is 0.239 e. The first-order valence-corrected chi connectivity index (χ1v) is 8.76. The summed E-state index contributed by atoms with van der Waals surface area (Å²) in [6, 6.07) is 9.84. The minimum atomic E-state index is -0.276. The Balaban J connectivity index is 1.98. The summed E-state index contributed by atoms with van der Waals surface area (Å²) in [6.45, 7) is 7.39. The van der Waals surface area contributed by atoms with E-state index in [0.717, 1.165) is 5.56 Å². The molecule has 0 aliphatic rings. The second-order valence-corrected chi connectivity index (χ2v) is 7.49. The van der Waals surface area contributed by atoms with Crippen molar-refractivity contribution in [2.45, 2.75) is 27.2 Å². The van der Waals surface area contributed by atoms with Gasteiger partial charge in [0.25, 0.3) is 0 Å². The van der Waals surface area contributed by atoms with Crippen molar-refractivity contribution < 1.29 is 9.18 Å². The van der Waals surface area contributed by atoms with Gasteiger partial charge in [0.1, 0.15) is 17.7 Å². The van der Waals surface area contributed by atoms with Crippen molar-refractivity contribution in [2.24, 2.45) is 5.41 Å². The van der Waals surface area contributed by atoms with Crippen molar-refractivity contribution in [1.82, 2.24) is 15.3 Å². The molecule has 2 aromatic rings. The maximum absolute atomic E-state index is 12.9. The van der Waals surface area contributed by atoms with Gasteiger partial charge in [0.05, 0.1) is 6.54 Å². The molecule has 6 nitrogen and oxygen atoms in total. The average Bonchev–Trinajstić information content (AvgIpc) is 2.62. The zero-order valence-corrected chi connectivity index (χ0v) is 15.9. The van der Waals surface area contributed by atoms with E-state index in [-0.39, 0.29) is 29.5 Å². The van der Waals surface area contributed by atoms with Gasteiger partial charge in [-0.1, -0.05) is 32.9 Å². The van der Waals surface area contributed by atoms with Crippen LogP contribution in [0.25, 0.3) is 0 Å². The van der Waals surface area contributed by atoms with Crippen LogP contribution < -0.4 is 10.2 Å². The molecule has 1 aromatic heterocycles. The summed E-state index contributed by atoms with van der Waals surface area (Å²) in [6.07, 6.45) is 2.14. The van der Waals surface area contributed by atoms with E-state index < -0.39 is 0 Å². The number of anilines is 1. The van der Waals surface area contributed by atoms with E-state index in [1.807, 2.05) is 11.0 Å². The second kappa shape index (κ2) is 9.08. The lowest BCUT2D eigenvalue weighted by atomic mass is 9.96. The van der Waals surface area contributed by atoms with Crippen LogP contribution in [0.3, 0.4) is 0 Å². The molecule has 0 saturated heterocycles. The highest BCUT2D eigenvalue weighted by molar-refractivity contribution is 5.81. The zero-order chi connectivity index (χ0) is 19.9. The molecule has 0 radical (unpaired) electrons. The number of benzene rings is 1. The lowest BCUT2D eigenvalue weighted by molar-refractivity contribution is -0.119. The molecular formula is C20H24FN5O. The maximum Gasteiger partial charge on any atom is 0.239 e. The molecule has 7 heteroatoms. The number of hydrogen-bond donors (Lipinski definition) is 1. The van der Waals surface area contributed by atoms with E-state index in [9.17, 15) is 9.18 Å². The molecule has 0 unspecified atom stereocenters. The van der Waals surface area contributed by atoms with Crippen LogP contribution in [-0.2, 0) is 11.2 Å².